The van der Waals surface area contributed by atoms with Crippen molar-refractivity contribution in [2.24, 2.45) is 0 Å². The lowest BCUT2D eigenvalue weighted by Gasteiger charge is -2.26. The van der Waals surface area contributed by atoms with Gasteiger partial charge in [-0.1, -0.05) is 17.7 Å². The molecule has 21 heavy (non-hydrogen) atoms. The van der Waals surface area contributed by atoms with Crippen LogP contribution in [0.4, 0.5) is 0 Å². The van der Waals surface area contributed by atoms with Gasteiger partial charge in [0, 0.05) is 20.6 Å². The smallest absolute Gasteiger partial charge is 0.263 e. The van der Waals surface area contributed by atoms with Crippen molar-refractivity contribution in [3.05, 3.63) is 29.8 Å². The average Bonchev–Trinajstić information content (AvgIpc) is 2.80. The van der Waals surface area contributed by atoms with E-state index in [1.165, 1.54) is 4.90 Å². The standard InChI is InChI=1S/C16H22N2O3/c1-11-5-7-13(8-6-11)21-12(2)15(19)18(4)14-9-10-17(3)16(14)20/h5-8,12,14H,9-10H2,1-4H3/t12-,14-/m1/s1. The van der Waals surface area contributed by atoms with E-state index >= 15 is 0 Å². The second-order valence-corrected chi connectivity index (χ2v) is 5.59. The maximum atomic E-state index is 12.4. The maximum absolute atomic E-state index is 12.4. The summed E-state index contributed by atoms with van der Waals surface area (Å²) in [6, 6.07) is 7.19. The third-order valence-electron chi connectivity index (χ3n) is 3.90. The van der Waals surface area contributed by atoms with Crippen molar-refractivity contribution in [2.75, 3.05) is 20.6 Å². The molecule has 1 saturated heterocycles. The van der Waals surface area contributed by atoms with Gasteiger partial charge in [-0.25, -0.2) is 0 Å². The molecule has 2 amide bonds. The molecule has 0 spiro atoms. The van der Waals surface area contributed by atoms with E-state index in [2.05, 4.69) is 0 Å². The zero-order valence-corrected chi connectivity index (χ0v) is 13.0. The Labute approximate surface area is 125 Å². The van der Waals surface area contributed by atoms with Gasteiger partial charge >= 0.3 is 0 Å². The van der Waals surface area contributed by atoms with Gasteiger partial charge in [-0.15, -0.1) is 0 Å². The van der Waals surface area contributed by atoms with Crippen LogP contribution < -0.4 is 4.74 Å². The van der Waals surface area contributed by atoms with Gasteiger partial charge in [-0.2, -0.15) is 0 Å². The molecule has 5 heteroatoms. The first-order valence-corrected chi connectivity index (χ1v) is 7.15. The third kappa shape index (κ3) is 3.35. The van der Waals surface area contributed by atoms with Gasteiger partial charge in [0.05, 0.1) is 0 Å². The Balaban J connectivity index is 1.98. The first-order chi connectivity index (χ1) is 9.90. The van der Waals surface area contributed by atoms with Crippen molar-refractivity contribution in [1.82, 2.24) is 9.80 Å². The molecule has 114 valence electrons. The highest BCUT2D eigenvalue weighted by atomic mass is 16.5. The monoisotopic (exact) mass is 290 g/mol. The Morgan fingerprint density at radius 3 is 2.52 bits per heavy atom. The van der Waals surface area contributed by atoms with Gasteiger partial charge in [0.15, 0.2) is 6.10 Å². The van der Waals surface area contributed by atoms with Crippen LogP contribution >= 0.6 is 0 Å². The van der Waals surface area contributed by atoms with Crippen LogP contribution in [-0.2, 0) is 9.59 Å². The fourth-order valence-corrected chi connectivity index (χ4v) is 2.48. The molecule has 1 aromatic carbocycles. The second-order valence-electron chi connectivity index (χ2n) is 5.59. The zero-order chi connectivity index (χ0) is 15.6. The number of amides is 2. The van der Waals surface area contributed by atoms with Crippen molar-refractivity contribution in [2.45, 2.75) is 32.4 Å². The largest absolute Gasteiger partial charge is 0.481 e. The van der Waals surface area contributed by atoms with E-state index in [1.54, 1.807) is 25.9 Å². The lowest BCUT2D eigenvalue weighted by molar-refractivity contribution is -0.144. The van der Waals surface area contributed by atoms with Crippen LogP contribution in [0.1, 0.15) is 18.9 Å². The van der Waals surface area contributed by atoms with Crippen LogP contribution in [0.15, 0.2) is 24.3 Å². The lowest BCUT2D eigenvalue weighted by Crippen LogP contribution is -2.47. The van der Waals surface area contributed by atoms with Crippen LogP contribution in [0, 0.1) is 6.92 Å². The molecule has 2 rings (SSSR count). The van der Waals surface area contributed by atoms with Crippen molar-refractivity contribution in [3.8, 4) is 5.75 Å². The topological polar surface area (TPSA) is 49.9 Å². The molecule has 0 aliphatic carbocycles. The van der Waals surface area contributed by atoms with Crippen LogP contribution in [0.3, 0.4) is 0 Å². The van der Waals surface area contributed by atoms with Gasteiger partial charge in [-0.3, -0.25) is 9.59 Å². The SMILES string of the molecule is Cc1ccc(O[C@H](C)C(=O)N(C)[C@@H]2CCN(C)C2=O)cc1. The summed E-state index contributed by atoms with van der Waals surface area (Å²) in [6.45, 7) is 4.39. The van der Waals surface area contributed by atoms with Gasteiger partial charge in [-0.05, 0) is 32.4 Å². The molecule has 0 radical (unpaired) electrons. The highest BCUT2D eigenvalue weighted by Crippen LogP contribution is 2.18. The van der Waals surface area contributed by atoms with Crippen molar-refractivity contribution in [1.29, 1.82) is 0 Å². The second kappa shape index (κ2) is 6.16. The molecule has 0 unspecified atom stereocenters. The van der Waals surface area contributed by atoms with Crippen LogP contribution in [0.25, 0.3) is 0 Å². The first-order valence-electron chi connectivity index (χ1n) is 7.15. The summed E-state index contributed by atoms with van der Waals surface area (Å²) in [5.41, 5.74) is 1.14. The Kier molecular flexibility index (Phi) is 4.50. The van der Waals surface area contributed by atoms with E-state index < -0.39 is 6.10 Å². The van der Waals surface area contributed by atoms with E-state index in [-0.39, 0.29) is 17.9 Å². The van der Waals surface area contributed by atoms with Gasteiger partial charge in [0.1, 0.15) is 11.8 Å². The Morgan fingerprint density at radius 2 is 2.00 bits per heavy atom. The number of hydrogen-bond donors (Lipinski definition) is 0. The van der Waals surface area contributed by atoms with Gasteiger partial charge < -0.3 is 14.5 Å². The van der Waals surface area contributed by atoms with Crippen LogP contribution in [-0.4, -0.2) is 54.4 Å². The molecule has 1 fully saturated rings. The third-order valence-corrected chi connectivity index (χ3v) is 3.90. The summed E-state index contributed by atoms with van der Waals surface area (Å²) in [6.07, 6.45) is 0.0610. The average molecular weight is 290 g/mol. The van der Waals surface area contributed by atoms with E-state index in [0.717, 1.165) is 5.56 Å². The molecule has 0 saturated carbocycles. The number of likely N-dealkylation sites (N-methyl/N-ethyl adjacent to an activating group) is 2. The summed E-state index contributed by atoms with van der Waals surface area (Å²) in [7, 11) is 3.42. The van der Waals surface area contributed by atoms with Crippen LogP contribution in [0.2, 0.25) is 0 Å². The summed E-state index contributed by atoms with van der Waals surface area (Å²) in [4.78, 5) is 27.5. The molecule has 1 aromatic rings. The fourth-order valence-electron chi connectivity index (χ4n) is 2.48. The zero-order valence-electron chi connectivity index (χ0n) is 13.0. The summed E-state index contributed by atoms with van der Waals surface area (Å²) >= 11 is 0. The molecule has 5 nitrogen and oxygen atoms in total. The number of carbonyl (C=O) groups is 2. The number of rotatable bonds is 4. The van der Waals surface area contributed by atoms with E-state index in [9.17, 15) is 9.59 Å². The van der Waals surface area contributed by atoms with Crippen molar-refractivity contribution < 1.29 is 14.3 Å². The summed E-state index contributed by atoms with van der Waals surface area (Å²) in [5, 5.41) is 0. The Hall–Kier alpha value is -2.04. The number of aryl methyl sites for hydroxylation is 1. The van der Waals surface area contributed by atoms with E-state index in [4.69, 9.17) is 4.74 Å². The number of likely N-dealkylation sites (tertiary alicyclic amines) is 1. The fraction of sp³-hybridized carbons (Fsp3) is 0.500. The highest BCUT2D eigenvalue weighted by Gasteiger charge is 2.36. The molecule has 1 heterocycles. The summed E-state index contributed by atoms with van der Waals surface area (Å²) < 4.78 is 5.66. The minimum Gasteiger partial charge on any atom is -0.481 e. The molecule has 0 N–H and O–H groups in total. The van der Waals surface area contributed by atoms with Gasteiger partial charge in [0.2, 0.25) is 5.91 Å². The molecule has 0 bridgehead atoms. The molecule has 0 aromatic heterocycles. The van der Waals surface area contributed by atoms with E-state index in [1.807, 2.05) is 31.2 Å². The van der Waals surface area contributed by atoms with E-state index in [0.29, 0.717) is 18.7 Å². The van der Waals surface area contributed by atoms with Crippen LogP contribution in [0.5, 0.6) is 5.75 Å². The number of hydrogen-bond acceptors (Lipinski definition) is 3. The minimum atomic E-state index is -0.614. The number of ether oxygens (including phenoxy) is 1. The predicted molar refractivity (Wildman–Crippen MR) is 80.1 cm³/mol. The number of nitrogens with zero attached hydrogens (tertiary/aromatic N) is 2. The normalized spacial score (nSPS) is 19.5. The minimum absolute atomic E-state index is 0.00612. The Morgan fingerprint density at radius 1 is 1.38 bits per heavy atom. The quantitative estimate of drug-likeness (QED) is 0.843. The predicted octanol–water partition coefficient (Wildman–Crippen LogP) is 1.45. The van der Waals surface area contributed by atoms with Crippen molar-refractivity contribution in [3.63, 3.8) is 0 Å². The number of benzene rings is 1. The molecular formula is C16H22N2O3. The van der Waals surface area contributed by atoms with Gasteiger partial charge in [0.25, 0.3) is 5.91 Å². The maximum Gasteiger partial charge on any atom is 0.263 e. The molecular weight excluding hydrogens is 268 g/mol. The highest BCUT2D eigenvalue weighted by molar-refractivity contribution is 5.90. The van der Waals surface area contributed by atoms with Crippen molar-refractivity contribution >= 4 is 11.8 Å². The molecule has 1 aliphatic heterocycles. The lowest BCUT2D eigenvalue weighted by atomic mass is 10.2. The summed E-state index contributed by atoms with van der Waals surface area (Å²) in [5.74, 6) is 0.474. The molecule has 2 atom stereocenters. The Bertz CT molecular complexity index is 527. The number of carbonyl (C=O) groups excluding carboxylic acids is 2. The molecule has 1 aliphatic rings. The first kappa shape index (κ1) is 15.4.